The van der Waals surface area contributed by atoms with E-state index in [1.807, 2.05) is 30.0 Å². The van der Waals surface area contributed by atoms with E-state index in [0.717, 1.165) is 55.2 Å². The molecule has 0 unspecified atom stereocenters. The monoisotopic (exact) mass is 495 g/mol. The Balaban J connectivity index is 1.33. The van der Waals surface area contributed by atoms with Gasteiger partial charge in [0.15, 0.2) is 5.84 Å². The van der Waals surface area contributed by atoms with Crippen molar-refractivity contribution in [1.82, 2.24) is 9.91 Å². The summed E-state index contributed by atoms with van der Waals surface area (Å²) in [7, 11) is 0. The zero-order valence-corrected chi connectivity index (χ0v) is 20.1. The summed E-state index contributed by atoms with van der Waals surface area (Å²) in [6, 6.07) is 9.14. The van der Waals surface area contributed by atoms with Crippen LogP contribution in [0.25, 0.3) is 17.4 Å². The van der Waals surface area contributed by atoms with Crippen LogP contribution in [0.15, 0.2) is 50.4 Å². The first kappa shape index (κ1) is 22.6. The first-order chi connectivity index (χ1) is 16.4. The molecule has 10 heteroatoms. The zero-order valence-electron chi connectivity index (χ0n) is 18.5. The molecule has 3 aliphatic rings. The van der Waals surface area contributed by atoms with E-state index in [9.17, 15) is 9.59 Å². The first-order valence-corrected chi connectivity index (χ1v) is 12.2. The predicted molar refractivity (Wildman–Crippen MR) is 134 cm³/mol. The van der Waals surface area contributed by atoms with Crippen molar-refractivity contribution < 1.29 is 14.0 Å². The molecule has 2 aromatic rings. The number of carbonyl (C=O) groups is 2. The number of amidine groups is 2. The number of hydrogen-bond acceptors (Lipinski definition) is 6. The van der Waals surface area contributed by atoms with Gasteiger partial charge in [-0.3, -0.25) is 15.0 Å². The number of likely N-dealkylation sites (tertiary alicyclic amines) is 1. The van der Waals surface area contributed by atoms with Gasteiger partial charge in [-0.1, -0.05) is 23.7 Å². The van der Waals surface area contributed by atoms with E-state index in [-0.39, 0.29) is 23.7 Å². The average molecular weight is 496 g/mol. The molecule has 1 fully saturated rings. The minimum atomic E-state index is -0.543. The van der Waals surface area contributed by atoms with Gasteiger partial charge in [-0.2, -0.15) is 15.1 Å². The van der Waals surface area contributed by atoms with Crippen molar-refractivity contribution in [3.63, 3.8) is 0 Å². The largest absolute Gasteiger partial charge is 0.457 e. The number of nitrogens with one attached hydrogen (secondary N) is 1. The molecule has 1 saturated heterocycles. The molecule has 34 heavy (non-hydrogen) atoms. The van der Waals surface area contributed by atoms with E-state index in [1.54, 1.807) is 12.1 Å². The molecule has 1 N–H and O–H groups in total. The van der Waals surface area contributed by atoms with Crippen LogP contribution in [0.5, 0.6) is 0 Å². The highest BCUT2D eigenvalue weighted by atomic mass is 35.5. The normalized spacial score (nSPS) is 19.4. The average Bonchev–Trinajstić information content (AvgIpc) is 3.46. The highest BCUT2D eigenvalue weighted by Gasteiger charge is 2.36. The third kappa shape index (κ3) is 4.45. The van der Waals surface area contributed by atoms with Crippen molar-refractivity contribution in [1.29, 1.82) is 5.41 Å². The predicted octanol–water partition coefficient (Wildman–Crippen LogP) is 4.93. The number of halogens is 1. The fraction of sp³-hybridized carbons (Fsp3) is 0.292. The summed E-state index contributed by atoms with van der Waals surface area (Å²) in [6.07, 6.45) is 4.81. The Labute approximate surface area is 205 Å². The van der Waals surface area contributed by atoms with Crippen LogP contribution in [0.2, 0.25) is 5.02 Å². The molecule has 4 heterocycles. The highest BCUT2D eigenvalue weighted by molar-refractivity contribution is 8.27. The van der Waals surface area contributed by atoms with Crippen molar-refractivity contribution in [2.24, 2.45) is 10.1 Å². The van der Waals surface area contributed by atoms with Gasteiger partial charge >= 0.3 is 0 Å². The summed E-state index contributed by atoms with van der Waals surface area (Å²) in [6.45, 7) is 3.46. The quantitative estimate of drug-likeness (QED) is 0.606. The number of aliphatic imine (C=N–C) groups is 1. The second kappa shape index (κ2) is 9.23. The Morgan fingerprint density at radius 1 is 1.24 bits per heavy atom. The van der Waals surface area contributed by atoms with Crippen molar-refractivity contribution in [3.05, 3.63) is 52.3 Å². The van der Waals surface area contributed by atoms with Crippen LogP contribution in [0, 0.1) is 12.3 Å². The van der Waals surface area contributed by atoms with Crippen LogP contribution in [-0.4, -0.2) is 50.9 Å². The molecular formula is C24H22ClN5O3S. The summed E-state index contributed by atoms with van der Waals surface area (Å²) in [5.74, 6) is 0.383. The Kier molecular flexibility index (Phi) is 6.14. The van der Waals surface area contributed by atoms with Gasteiger partial charge in [-0.25, -0.2) is 0 Å². The second-order valence-electron chi connectivity index (χ2n) is 8.30. The number of rotatable bonds is 4. The van der Waals surface area contributed by atoms with Crippen molar-refractivity contribution >= 4 is 57.3 Å². The highest BCUT2D eigenvalue weighted by Crippen LogP contribution is 2.31. The third-order valence-electron chi connectivity index (χ3n) is 5.88. The maximum atomic E-state index is 12.7. The molecule has 0 radical (unpaired) electrons. The van der Waals surface area contributed by atoms with E-state index < -0.39 is 5.91 Å². The van der Waals surface area contributed by atoms with Gasteiger partial charge in [-0.05, 0) is 67.8 Å². The summed E-state index contributed by atoms with van der Waals surface area (Å²) < 4.78 is 5.87. The van der Waals surface area contributed by atoms with Crippen molar-refractivity contribution in [3.8, 4) is 11.3 Å². The lowest BCUT2D eigenvalue weighted by molar-refractivity contribution is -0.130. The summed E-state index contributed by atoms with van der Waals surface area (Å²) in [5, 5.41) is 15.7. The summed E-state index contributed by atoms with van der Waals surface area (Å²) >= 11 is 7.38. The lowest BCUT2D eigenvalue weighted by Crippen LogP contribution is -2.36. The molecule has 0 saturated carbocycles. The SMILES string of the molecule is Cc1ccc(-c2ccc(C=C3C(=N)N4N=C(CC(=O)N5CCCCC5)SC4=NC3=O)o2)cc1Cl. The second-order valence-corrected chi connectivity index (χ2v) is 9.75. The van der Waals surface area contributed by atoms with Crippen LogP contribution in [-0.2, 0) is 9.59 Å². The van der Waals surface area contributed by atoms with Crippen LogP contribution < -0.4 is 0 Å². The molecule has 8 nitrogen and oxygen atoms in total. The van der Waals surface area contributed by atoms with Gasteiger partial charge in [0.05, 0.1) is 12.0 Å². The molecule has 5 rings (SSSR count). The van der Waals surface area contributed by atoms with Gasteiger partial charge in [0.1, 0.15) is 16.6 Å². The minimum Gasteiger partial charge on any atom is -0.457 e. The molecule has 0 spiro atoms. The molecule has 174 valence electrons. The van der Waals surface area contributed by atoms with Crippen LogP contribution >= 0.6 is 23.4 Å². The summed E-state index contributed by atoms with van der Waals surface area (Å²) in [5.41, 5.74) is 1.85. The van der Waals surface area contributed by atoms with Crippen molar-refractivity contribution in [2.75, 3.05) is 13.1 Å². The van der Waals surface area contributed by atoms with Crippen molar-refractivity contribution in [2.45, 2.75) is 32.6 Å². The molecule has 0 aliphatic carbocycles. The molecule has 3 aliphatic heterocycles. The van der Waals surface area contributed by atoms with E-state index >= 15 is 0 Å². The summed E-state index contributed by atoms with van der Waals surface area (Å²) in [4.78, 5) is 31.2. The van der Waals surface area contributed by atoms with Crippen LogP contribution in [0.3, 0.4) is 0 Å². The number of carbonyl (C=O) groups excluding carboxylic acids is 2. The first-order valence-electron chi connectivity index (χ1n) is 11.0. The lowest BCUT2D eigenvalue weighted by atomic mass is 10.1. The fourth-order valence-corrected chi connectivity index (χ4v) is 5.02. The lowest BCUT2D eigenvalue weighted by Gasteiger charge is -2.26. The fourth-order valence-electron chi connectivity index (χ4n) is 3.96. The Bertz CT molecular complexity index is 1290. The molecule has 2 amide bonds. The molecule has 1 aromatic carbocycles. The molecular weight excluding hydrogens is 474 g/mol. The number of nitrogens with zero attached hydrogens (tertiary/aromatic N) is 4. The maximum absolute atomic E-state index is 12.7. The number of fused-ring (bicyclic) bond motifs is 1. The number of hydrogen-bond donors (Lipinski definition) is 1. The van der Waals surface area contributed by atoms with Gasteiger partial charge < -0.3 is 9.32 Å². The minimum absolute atomic E-state index is 0.0133. The standard InChI is InChI=1S/C24H22ClN5O3S/c1-14-5-6-15(11-18(14)25)19-8-7-16(33-19)12-17-22(26)30-24(27-23(17)32)34-20(28-30)13-21(31)29-9-3-2-4-10-29/h5-8,11-12,26H,2-4,9-10,13H2,1H3. The van der Waals surface area contributed by atoms with Gasteiger partial charge in [-0.15, -0.1) is 0 Å². The molecule has 0 atom stereocenters. The van der Waals surface area contributed by atoms with E-state index in [4.69, 9.17) is 21.4 Å². The smallest absolute Gasteiger partial charge is 0.283 e. The number of furan rings is 1. The Morgan fingerprint density at radius 2 is 2.03 bits per heavy atom. The van der Waals surface area contributed by atoms with Crippen LogP contribution in [0.4, 0.5) is 0 Å². The molecule has 1 aromatic heterocycles. The zero-order chi connectivity index (χ0) is 23.8. The topological polar surface area (TPSA) is 102 Å². The third-order valence-corrected chi connectivity index (χ3v) is 7.19. The van der Waals surface area contributed by atoms with E-state index in [1.165, 1.54) is 11.1 Å². The Morgan fingerprint density at radius 3 is 2.79 bits per heavy atom. The van der Waals surface area contributed by atoms with E-state index in [2.05, 4.69) is 10.1 Å². The number of piperidine rings is 1. The maximum Gasteiger partial charge on any atom is 0.283 e. The van der Waals surface area contributed by atoms with Crippen LogP contribution in [0.1, 0.15) is 37.0 Å². The van der Waals surface area contributed by atoms with E-state index in [0.29, 0.717) is 26.8 Å². The van der Waals surface area contributed by atoms with Gasteiger partial charge in [0, 0.05) is 23.7 Å². The number of amides is 2. The number of benzene rings is 1. The van der Waals surface area contributed by atoms with Gasteiger partial charge in [0.2, 0.25) is 11.1 Å². The Hall–Kier alpha value is -3.17. The molecule has 0 bridgehead atoms. The number of aryl methyl sites for hydroxylation is 1. The number of hydrazone groups is 1. The van der Waals surface area contributed by atoms with Gasteiger partial charge in [0.25, 0.3) is 5.91 Å². The number of thioether (sulfide) groups is 1.